The van der Waals surface area contributed by atoms with Gasteiger partial charge in [0.15, 0.2) is 0 Å². The average Bonchev–Trinajstić information content (AvgIpc) is 2.66. The minimum atomic E-state index is -3.73. The van der Waals surface area contributed by atoms with Gasteiger partial charge in [-0.25, -0.2) is 12.8 Å². The minimum absolute atomic E-state index is 0.0981. The lowest BCUT2D eigenvalue weighted by Gasteiger charge is -2.31. The molecule has 0 aliphatic carbocycles. The van der Waals surface area contributed by atoms with E-state index in [1.165, 1.54) is 40.7 Å². The maximum atomic E-state index is 13.0. The van der Waals surface area contributed by atoms with Crippen LogP contribution in [0.1, 0.15) is 18.4 Å². The van der Waals surface area contributed by atoms with Crippen LogP contribution in [0.5, 0.6) is 0 Å². The van der Waals surface area contributed by atoms with E-state index >= 15 is 0 Å². The molecule has 144 valence electrons. The van der Waals surface area contributed by atoms with Crippen LogP contribution in [0.15, 0.2) is 47.4 Å². The van der Waals surface area contributed by atoms with Crippen molar-refractivity contribution in [3.63, 3.8) is 0 Å². The van der Waals surface area contributed by atoms with Crippen LogP contribution in [0.4, 0.5) is 10.1 Å². The summed E-state index contributed by atoms with van der Waals surface area (Å²) in [6, 6.07) is 10.1. The molecule has 1 aliphatic heterocycles. The molecule has 5 nitrogen and oxygen atoms in total. The molecule has 0 unspecified atom stereocenters. The van der Waals surface area contributed by atoms with Crippen molar-refractivity contribution in [2.24, 2.45) is 5.92 Å². The van der Waals surface area contributed by atoms with Crippen molar-refractivity contribution >= 4 is 33.2 Å². The van der Waals surface area contributed by atoms with Crippen LogP contribution in [-0.4, -0.2) is 31.7 Å². The summed E-state index contributed by atoms with van der Waals surface area (Å²) in [5.74, 6) is -1.14. The Bertz CT molecular complexity index is 948. The van der Waals surface area contributed by atoms with Gasteiger partial charge in [0.25, 0.3) is 0 Å². The van der Waals surface area contributed by atoms with E-state index in [-0.39, 0.29) is 23.2 Å². The lowest BCUT2D eigenvalue weighted by molar-refractivity contribution is -0.120. The number of nitrogens with one attached hydrogen (secondary N) is 1. The largest absolute Gasteiger partial charge is 0.326 e. The number of hydrogen-bond acceptors (Lipinski definition) is 3. The zero-order valence-corrected chi connectivity index (χ0v) is 16.4. The number of benzene rings is 2. The summed E-state index contributed by atoms with van der Waals surface area (Å²) in [7, 11) is -3.73. The number of carbonyl (C=O) groups excluding carboxylic acids is 1. The van der Waals surface area contributed by atoms with Crippen molar-refractivity contribution in [1.29, 1.82) is 0 Å². The summed E-state index contributed by atoms with van der Waals surface area (Å²) in [6.07, 6.45) is 1.17. The summed E-state index contributed by atoms with van der Waals surface area (Å²) >= 11 is 6.07. The molecule has 27 heavy (non-hydrogen) atoms. The first kappa shape index (κ1) is 19.8. The zero-order valence-electron chi connectivity index (χ0n) is 14.8. The maximum absolute atomic E-state index is 13.0. The summed E-state index contributed by atoms with van der Waals surface area (Å²) < 4.78 is 40.1. The van der Waals surface area contributed by atoms with Gasteiger partial charge < -0.3 is 5.32 Å². The molecule has 3 rings (SSSR count). The molecule has 0 spiro atoms. The van der Waals surface area contributed by atoms with Crippen LogP contribution in [0.3, 0.4) is 0 Å². The van der Waals surface area contributed by atoms with Gasteiger partial charge in [-0.2, -0.15) is 4.31 Å². The summed E-state index contributed by atoms with van der Waals surface area (Å²) in [6.45, 7) is 2.25. The molecule has 1 N–H and O–H groups in total. The number of piperidine rings is 1. The van der Waals surface area contributed by atoms with Gasteiger partial charge in [-0.15, -0.1) is 0 Å². The molecule has 0 bridgehead atoms. The molecule has 1 amide bonds. The van der Waals surface area contributed by atoms with Gasteiger partial charge in [-0.3, -0.25) is 4.79 Å². The summed E-state index contributed by atoms with van der Waals surface area (Å²) in [4.78, 5) is 12.6. The molecule has 0 radical (unpaired) electrons. The number of halogens is 2. The van der Waals surface area contributed by atoms with Gasteiger partial charge in [0.1, 0.15) is 5.82 Å². The average molecular weight is 411 g/mol. The van der Waals surface area contributed by atoms with E-state index in [1.54, 1.807) is 13.0 Å². The summed E-state index contributed by atoms with van der Waals surface area (Å²) in [5.41, 5.74) is 1.28. The highest BCUT2D eigenvalue weighted by atomic mass is 35.5. The number of hydrogen-bond donors (Lipinski definition) is 1. The highest BCUT2D eigenvalue weighted by molar-refractivity contribution is 7.89. The monoisotopic (exact) mass is 410 g/mol. The first-order chi connectivity index (χ1) is 12.8. The molecule has 1 aliphatic rings. The van der Waals surface area contributed by atoms with Gasteiger partial charge in [0, 0.05) is 23.8 Å². The molecule has 1 atom stereocenters. The van der Waals surface area contributed by atoms with E-state index in [1.807, 2.05) is 0 Å². The number of nitrogens with zero attached hydrogens (tertiary/aromatic N) is 1. The number of anilines is 1. The van der Waals surface area contributed by atoms with Crippen LogP contribution in [0.2, 0.25) is 5.02 Å². The molecule has 0 saturated carbocycles. The third-order valence-corrected chi connectivity index (χ3v) is 6.92. The van der Waals surface area contributed by atoms with Gasteiger partial charge in [0.05, 0.1) is 10.8 Å². The first-order valence-electron chi connectivity index (χ1n) is 8.60. The smallest absolute Gasteiger partial charge is 0.243 e. The summed E-state index contributed by atoms with van der Waals surface area (Å²) in [5, 5.41) is 3.11. The normalized spacial score (nSPS) is 18.3. The fourth-order valence-corrected chi connectivity index (χ4v) is 4.83. The zero-order chi connectivity index (χ0) is 19.6. The SMILES string of the molecule is Cc1ccc(S(=O)(=O)N2CCC[C@@H](C(=O)Nc3ccc(F)cc3)C2)cc1Cl. The van der Waals surface area contributed by atoms with Crippen LogP contribution in [-0.2, 0) is 14.8 Å². The Morgan fingerprint density at radius 1 is 1.22 bits per heavy atom. The molecule has 1 saturated heterocycles. The van der Waals surface area contributed by atoms with Crippen LogP contribution < -0.4 is 5.32 Å². The lowest BCUT2D eigenvalue weighted by Crippen LogP contribution is -2.43. The van der Waals surface area contributed by atoms with Crippen molar-refractivity contribution < 1.29 is 17.6 Å². The molecule has 1 fully saturated rings. The molecule has 2 aromatic carbocycles. The maximum Gasteiger partial charge on any atom is 0.243 e. The van der Waals surface area contributed by atoms with Crippen LogP contribution in [0.25, 0.3) is 0 Å². The predicted molar refractivity (Wildman–Crippen MR) is 103 cm³/mol. The second-order valence-corrected chi connectivity index (χ2v) is 8.95. The minimum Gasteiger partial charge on any atom is -0.326 e. The standard InChI is InChI=1S/C19H20ClFN2O3S/c1-13-4-9-17(11-18(13)20)27(25,26)23-10-2-3-14(12-23)19(24)22-16-7-5-15(21)6-8-16/h4-9,11,14H,2-3,10,12H2,1H3,(H,22,24)/t14-/m1/s1. The van der Waals surface area contributed by atoms with Crippen molar-refractivity contribution in [2.75, 3.05) is 18.4 Å². The predicted octanol–water partition coefficient (Wildman–Crippen LogP) is 3.83. The Balaban J connectivity index is 1.73. The van der Waals surface area contributed by atoms with Crippen molar-refractivity contribution in [1.82, 2.24) is 4.31 Å². The fourth-order valence-electron chi connectivity index (χ4n) is 3.04. The van der Waals surface area contributed by atoms with Crippen molar-refractivity contribution in [3.8, 4) is 0 Å². The molecule has 1 heterocycles. The van der Waals surface area contributed by atoms with Gasteiger partial charge in [-0.05, 0) is 61.7 Å². The Hall–Kier alpha value is -1.96. The van der Waals surface area contributed by atoms with Gasteiger partial charge >= 0.3 is 0 Å². The Kier molecular flexibility index (Phi) is 5.83. The number of rotatable bonds is 4. The van der Waals surface area contributed by atoms with Crippen LogP contribution >= 0.6 is 11.6 Å². The van der Waals surface area contributed by atoms with Crippen molar-refractivity contribution in [3.05, 3.63) is 58.9 Å². The topological polar surface area (TPSA) is 66.5 Å². The molecular weight excluding hydrogens is 391 g/mol. The second kappa shape index (κ2) is 7.96. The Labute approximate surface area is 163 Å². The highest BCUT2D eigenvalue weighted by Gasteiger charge is 2.33. The second-order valence-electron chi connectivity index (χ2n) is 6.61. The van der Waals surface area contributed by atoms with Gasteiger partial charge in [0.2, 0.25) is 15.9 Å². The van der Waals surface area contributed by atoms with Gasteiger partial charge in [-0.1, -0.05) is 17.7 Å². The molecule has 2 aromatic rings. The van der Waals surface area contributed by atoms with E-state index < -0.39 is 15.9 Å². The van der Waals surface area contributed by atoms with E-state index in [0.29, 0.717) is 30.1 Å². The van der Waals surface area contributed by atoms with E-state index in [9.17, 15) is 17.6 Å². The third kappa shape index (κ3) is 4.48. The molecule has 0 aromatic heterocycles. The molecular formula is C19H20ClFN2O3S. The highest BCUT2D eigenvalue weighted by Crippen LogP contribution is 2.27. The number of sulfonamides is 1. The quantitative estimate of drug-likeness (QED) is 0.833. The van der Waals surface area contributed by atoms with Crippen LogP contribution in [0, 0.1) is 18.7 Å². The Morgan fingerprint density at radius 3 is 2.59 bits per heavy atom. The van der Waals surface area contributed by atoms with E-state index in [0.717, 1.165) is 5.56 Å². The number of amides is 1. The third-order valence-electron chi connectivity index (χ3n) is 4.65. The fraction of sp³-hybridized carbons (Fsp3) is 0.316. The lowest BCUT2D eigenvalue weighted by atomic mass is 9.99. The Morgan fingerprint density at radius 2 is 1.93 bits per heavy atom. The molecule has 8 heteroatoms. The van der Waals surface area contributed by atoms with E-state index in [4.69, 9.17) is 11.6 Å². The number of aryl methyl sites for hydroxylation is 1. The van der Waals surface area contributed by atoms with Crippen molar-refractivity contribution in [2.45, 2.75) is 24.7 Å². The first-order valence-corrected chi connectivity index (χ1v) is 10.4. The van der Waals surface area contributed by atoms with E-state index in [2.05, 4.69) is 5.32 Å². The number of carbonyl (C=O) groups is 1.